The second-order valence-electron chi connectivity index (χ2n) is 5.29. The lowest BCUT2D eigenvalue weighted by molar-refractivity contribution is 0.0997. The van der Waals surface area contributed by atoms with Gasteiger partial charge in [0, 0.05) is 22.8 Å². The minimum absolute atomic E-state index is 0.277. The molecule has 1 heterocycles. The van der Waals surface area contributed by atoms with Crippen molar-refractivity contribution in [2.24, 2.45) is 4.99 Å². The molecular weight excluding hydrogens is 375 g/mol. The molecule has 3 aromatic rings. The Labute approximate surface area is 158 Å². The number of carbonyl (C=O) groups excluding carboxylic acids is 1. The topological polar surface area (TPSA) is 34.4 Å². The number of aromatic nitrogens is 1. The molecule has 0 aliphatic heterocycles. The van der Waals surface area contributed by atoms with Crippen LogP contribution < -0.4 is 4.80 Å². The van der Waals surface area contributed by atoms with E-state index in [1.165, 1.54) is 23.5 Å². The minimum Gasteiger partial charge on any atom is -0.316 e. The van der Waals surface area contributed by atoms with Crippen LogP contribution in [0.3, 0.4) is 0 Å². The molecule has 0 saturated carbocycles. The maximum Gasteiger partial charge on any atom is 0.279 e. The highest BCUT2D eigenvalue weighted by Gasteiger charge is 2.10. The molecule has 25 heavy (non-hydrogen) atoms. The quantitative estimate of drug-likeness (QED) is 0.592. The van der Waals surface area contributed by atoms with E-state index in [1.54, 1.807) is 35.7 Å². The zero-order chi connectivity index (χ0) is 17.8. The lowest BCUT2D eigenvalue weighted by Gasteiger charge is -2.04. The minimum atomic E-state index is -0.281. The van der Waals surface area contributed by atoms with E-state index >= 15 is 0 Å². The van der Waals surface area contributed by atoms with Crippen LogP contribution in [0.1, 0.15) is 10.4 Å². The van der Waals surface area contributed by atoms with Gasteiger partial charge in [-0.1, -0.05) is 17.4 Å². The highest BCUT2D eigenvalue weighted by Crippen LogP contribution is 2.20. The smallest absolute Gasteiger partial charge is 0.279 e. The third-order valence-electron chi connectivity index (χ3n) is 3.68. The molecule has 1 aromatic heterocycles. The molecule has 7 heteroatoms. The largest absolute Gasteiger partial charge is 0.316 e. The maximum atomic E-state index is 13.5. The van der Waals surface area contributed by atoms with Crippen LogP contribution in [-0.4, -0.2) is 28.7 Å². The van der Waals surface area contributed by atoms with E-state index < -0.39 is 0 Å². The van der Waals surface area contributed by atoms with Gasteiger partial charge in [0.2, 0.25) is 0 Å². The molecule has 0 N–H and O–H groups in total. The van der Waals surface area contributed by atoms with Gasteiger partial charge in [-0.25, -0.2) is 4.39 Å². The predicted molar refractivity (Wildman–Crippen MR) is 106 cm³/mol. The molecule has 0 aliphatic rings. The van der Waals surface area contributed by atoms with Crippen LogP contribution in [0.4, 0.5) is 4.39 Å². The van der Waals surface area contributed by atoms with Gasteiger partial charge in [-0.2, -0.15) is 16.8 Å². The van der Waals surface area contributed by atoms with Gasteiger partial charge < -0.3 is 4.57 Å². The summed E-state index contributed by atoms with van der Waals surface area (Å²) < 4.78 is 16.3. The molecule has 2 aromatic carbocycles. The highest BCUT2D eigenvalue weighted by molar-refractivity contribution is 7.98. The number of aryl methyl sites for hydroxylation is 1. The second-order valence-corrected chi connectivity index (χ2v) is 8.16. The Kier molecular flexibility index (Phi) is 5.98. The molecule has 0 saturated heterocycles. The molecule has 0 bridgehead atoms. The number of halogens is 1. The second kappa shape index (κ2) is 8.21. The van der Waals surface area contributed by atoms with Crippen molar-refractivity contribution in [2.45, 2.75) is 11.4 Å². The van der Waals surface area contributed by atoms with Gasteiger partial charge in [0.15, 0.2) is 4.80 Å². The lowest BCUT2D eigenvalue weighted by Crippen LogP contribution is -2.18. The molecule has 3 nitrogen and oxygen atoms in total. The van der Waals surface area contributed by atoms with Crippen molar-refractivity contribution in [3.63, 3.8) is 0 Å². The van der Waals surface area contributed by atoms with Crippen LogP contribution in [0.5, 0.6) is 0 Å². The first kappa shape index (κ1) is 18.2. The average Bonchev–Trinajstić information content (AvgIpc) is 2.95. The number of thiazole rings is 1. The summed E-state index contributed by atoms with van der Waals surface area (Å²) in [6.07, 6.45) is 4.00. The van der Waals surface area contributed by atoms with Crippen molar-refractivity contribution in [2.75, 3.05) is 18.3 Å². The number of carbonyl (C=O) groups is 1. The van der Waals surface area contributed by atoms with Gasteiger partial charge in [-0.15, -0.1) is 11.8 Å². The fourth-order valence-electron chi connectivity index (χ4n) is 2.44. The number of hydrogen-bond donors (Lipinski definition) is 0. The van der Waals surface area contributed by atoms with Crippen LogP contribution in [0.15, 0.2) is 52.4 Å². The standard InChI is InChI=1S/C18H17FN2OS3/c1-23-9-8-21-15-7-6-13(19)11-16(15)25-18(21)20-17(22)12-4-3-5-14(10-12)24-2/h3-7,10-11H,8-9H2,1-2H3. The molecule has 0 spiro atoms. The molecular formula is C18H17FN2OS3. The Hall–Kier alpha value is -1.57. The normalized spacial score (nSPS) is 12.0. The number of amides is 1. The molecule has 0 unspecified atom stereocenters. The van der Waals surface area contributed by atoms with E-state index in [0.717, 1.165) is 27.4 Å². The number of rotatable bonds is 5. The van der Waals surface area contributed by atoms with Crippen LogP contribution in [0, 0.1) is 5.82 Å². The number of nitrogens with zero attached hydrogens (tertiary/aromatic N) is 2. The molecule has 0 aliphatic carbocycles. The van der Waals surface area contributed by atoms with Gasteiger partial charge in [-0.3, -0.25) is 4.79 Å². The van der Waals surface area contributed by atoms with Crippen molar-refractivity contribution in [3.05, 3.63) is 58.6 Å². The number of hydrogen-bond acceptors (Lipinski definition) is 4. The molecule has 0 radical (unpaired) electrons. The summed E-state index contributed by atoms with van der Waals surface area (Å²) in [5, 5.41) is 0. The maximum absolute atomic E-state index is 13.5. The Morgan fingerprint density at radius 2 is 2.08 bits per heavy atom. The van der Waals surface area contributed by atoms with Crippen molar-refractivity contribution < 1.29 is 9.18 Å². The van der Waals surface area contributed by atoms with Crippen LogP contribution in [0.25, 0.3) is 10.2 Å². The predicted octanol–water partition coefficient (Wildman–Crippen LogP) is 4.67. The number of fused-ring (bicyclic) bond motifs is 1. The Morgan fingerprint density at radius 3 is 2.84 bits per heavy atom. The van der Waals surface area contributed by atoms with Gasteiger partial charge in [0.05, 0.1) is 10.2 Å². The van der Waals surface area contributed by atoms with E-state index in [2.05, 4.69) is 4.99 Å². The van der Waals surface area contributed by atoms with E-state index in [4.69, 9.17) is 0 Å². The van der Waals surface area contributed by atoms with Crippen molar-refractivity contribution in [1.82, 2.24) is 4.57 Å². The van der Waals surface area contributed by atoms with Crippen molar-refractivity contribution in [1.29, 1.82) is 0 Å². The summed E-state index contributed by atoms with van der Waals surface area (Å²) in [4.78, 5) is 18.5. The van der Waals surface area contributed by atoms with E-state index in [1.807, 2.05) is 35.3 Å². The molecule has 0 atom stereocenters. The summed E-state index contributed by atoms with van der Waals surface area (Å²) in [5.41, 5.74) is 1.47. The molecule has 3 rings (SSSR count). The van der Waals surface area contributed by atoms with Gasteiger partial charge in [0.1, 0.15) is 5.82 Å². The monoisotopic (exact) mass is 392 g/mol. The SMILES string of the molecule is CSCCn1c(=NC(=O)c2cccc(SC)c2)sc2cc(F)ccc21. The van der Waals surface area contributed by atoms with Crippen molar-refractivity contribution >= 4 is 51.0 Å². The van der Waals surface area contributed by atoms with E-state index in [0.29, 0.717) is 10.4 Å². The van der Waals surface area contributed by atoms with Crippen molar-refractivity contribution in [3.8, 4) is 0 Å². The van der Waals surface area contributed by atoms with E-state index in [-0.39, 0.29) is 11.7 Å². The molecule has 130 valence electrons. The van der Waals surface area contributed by atoms with Crippen LogP contribution in [-0.2, 0) is 6.54 Å². The lowest BCUT2D eigenvalue weighted by atomic mass is 10.2. The van der Waals surface area contributed by atoms with Crippen LogP contribution in [0.2, 0.25) is 0 Å². The van der Waals surface area contributed by atoms with Gasteiger partial charge >= 0.3 is 0 Å². The fourth-order valence-corrected chi connectivity index (χ4v) is 4.34. The first-order valence-corrected chi connectivity index (χ1v) is 11.1. The summed E-state index contributed by atoms with van der Waals surface area (Å²) >= 11 is 4.65. The Bertz CT molecular complexity index is 978. The first-order valence-electron chi connectivity index (χ1n) is 7.63. The average molecular weight is 393 g/mol. The van der Waals surface area contributed by atoms with E-state index in [9.17, 15) is 9.18 Å². The van der Waals surface area contributed by atoms with Crippen LogP contribution >= 0.6 is 34.9 Å². The number of benzene rings is 2. The fraction of sp³-hybridized carbons (Fsp3) is 0.222. The number of thioether (sulfide) groups is 2. The van der Waals surface area contributed by atoms with Gasteiger partial charge in [-0.05, 0) is 48.9 Å². The summed E-state index contributed by atoms with van der Waals surface area (Å²) in [5.74, 6) is 0.337. The zero-order valence-corrected chi connectivity index (χ0v) is 16.3. The third-order valence-corrected chi connectivity index (χ3v) is 6.04. The summed E-state index contributed by atoms with van der Waals surface area (Å²) in [7, 11) is 0. The first-order chi connectivity index (χ1) is 12.1. The highest BCUT2D eigenvalue weighted by atomic mass is 32.2. The Balaban J connectivity index is 2.08. The Morgan fingerprint density at radius 1 is 1.24 bits per heavy atom. The summed E-state index contributed by atoms with van der Waals surface area (Å²) in [6.45, 7) is 0.726. The van der Waals surface area contributed by atoms with Gasteiger partial charge in [0.25, 0.3) is 5.91 Å². The zero-order valence-electron chi connectivity index (χ0n) is 13.9. The third kappa shape index (κ3) is 4.16. The molecule has 0 fully saturated rings. The summed E-state index contributed by atoms with van der Waals surface area (Å²) in [6, 6.07) is 12.1. The molecule has 1 amide bonds.